The summed E-state index contributed by atoms with van der Waals surface area (Å²) in [6.45, 7) is 8.20. The molecule has 11 rings (SSSR count). The second-order valence-electron chi connectivity index (χ2n) is 15.7. The van der Waals surface area contributed by atoms with Crippen molar-refractivity contribution >= 4 is 70.2 Å². The normalized spacial score (nSPS) is 11.9. The third-order valence-electron chi connectivity index (χ3n) is 12.4. The van der Waals surface area contributed by atoms with E-state index in [1.807, 2.05) is 12.2 Å². The van der Waals surface area contributed by atoms with Gasteiger partial charge < -0.3 is 0 Å². The predicted molar refractivity (Wildman–Crippen MR) is 262 cm³/mol. The molecule has 0 nitrogen and oxygen atoms in total. The molecule has 0 N–H and O–H groups in total. The van der Waals surface area contributed by atoms with E-state index in [1.54, 1.807) is 0 Å². The number of hydrogen-bond donors (Lipinski definition) is 0. The minimum absolute atomic E-state index is 1.06. The third-order valence-corrected chi connectivity index (χ3v) is 12.4. The first-order chi connectivity index (χ1) is 29.7. The van der Waals surface area contributed by atoms with E-state index in [-0.39, 0.29) is 0 Å². The van der Waals surface area contributed by atoms with Crippen molar-refractivity contribution in [1.82, 2.24) is 0 Å². The van der Waals surface area contributed by atoms with Crippen LogP contribution in [0.1, 0.15) is 5.56 Å². The summed E-state index contributed by atoms with van der Waals surface area (Å²) in [6.07, 6.45) is 5.84. The van der Waals surface area contributed by atoms with Crippen LogP contribution in [0.2, 0.25) is 0 Å². The van der Waals surface area contributed by atoms with Crippen LogP contribution in [0.3, 0.4) is 0 Å². The minimum atomic E-state index is 1.06. The maximum atomic E-state index is 4.19. The molecule has 11 aromatic carbocycles. The molecular formula is C60H40. The fourth-order valence-corrected chi connectivity index (χ4v) is 9.56. The van der Waals surface area contributed by atoms with Crippen molar-refractivity contribution in [1.29, 1.82) is 0 Å². The van der Waals surface area contributed by atoms with Crippen LogP contribution in [0.25, 0.3) is 115 Å². The Morgan fingerprint density at radius 2 is 0.650 bits per heavy atom. The second-order valence-corrected chi connectivity index (χ2v) is 15.7. The van der Waals surface area contributed by atoms with Crippen LogP contribution in [0, 0.1) is 0 Å². The first-order valence-electron chi connectivity index (χ1n) is 20.6. The van der Waals surface area contributed by atoms with Gasteiger partial charge in [-0.2, -0.15) is 0 Å². The Kier molecular flexibility index (Phi) is 8.57. The van der Waals surface area contributed by atoms with Crippen LogP contribution in [0.4, 0.5) is 0 Å². The molecule has 0 atom stereocenters. The Labute approximate surface area is 350 Å². The molecule has 0 saturated carbocycles. The molecule has 0 aliphatic carbocycles. The van der Waals surface area contributed by atoms with Gasteiger partial charge in [0.2, 0.25) is 0 Å². The Morgan fingerprint density at radius 1 is 0.283 bits per heavy atom. The quantitative estimate of drug-likeness (QED) is 0.112. The maximum absolute atomic E-state index is 4.19. The van der Waals surface area contributed by atoms with E-state index < -0.39 is 0 Å². The van der Waals surface area contributed by atoms with E-state index in [0.29, 0.717) is 0 Å². The third kappa shape index (κ3) is 5.76. The Hall–Kier alpha value is -7.80. The molecule has 0 fully saturated rings. The summed E-state index contributed by atoms with van der Waals surface area (Å²) in [4.78, 5) is 0. The minimum Gasteiger partial charge on any atom is -0.0990 e. The van der Waals surface area contributed by atoms with Crippen LogP contribution in [0.5, 0.6) is 0 Å². The summed E-state index contributed by atoms with van der Waals surface area (Å²) in [5.41, 5.74) is 11.9. The average molecular weight is 761 g/mol. The number of hydrogen-bond acceptors (Lipinski definition) is 0. The van der Waals surface area contributed by atoms with Crippen LogP contribution in [-0.4, -0.2) is 0 Å². The zero-order chi connectivity index (χ0) is 40.2. The molecular weight excluding hydrogens is 721 g/mol. The van der Waals surface area contributed by atoms with Crippen molar-refractivity contribution in [3.05, 3.63) is 237 Å². The number of rotatable bonds is 7. The van der Waals surface area contributed by atoms with Gasteiger partial charge in [-0.3, -0.25) is 0 Å². The van der Waals surface area contributed by atoms with E-state index in [1.165, 1.54) is 109 Å². The lowest BCUT2D eigenvalue weighted by atomic mass is 9.85. The van der Waals surface area contributed by atoms with E-state index in [4.69, 9.17) is 0 Å². The van der Waals surface area contributed by atoms with E-state index in [9.17, 15) is 0 Å². The summed E-state index contributed by atoms with van der Waals surface area (Å²) in [5, 5.41) is 14.9. The maximum Gasteiger partial charge on any atom is -0.00921 e. The lowest BCUT2D eigenvalue weighted by molar-refractivity contribution is 1.64. The summed E-state index contributed by atoms with van der Waals surface area (Å²) >= 11 is 0. The van der Waals surface area contributed by atoms with Gasteiger partial charge in [0.15, 0.2) is 0 Å². The molecule has 0 aliphatic heterocycles. The molecule has 11 aromatic rings. The second kappa shape index (κ2) is 14.5. The summed E-state index contributed by atoms with van der Waals surface area (Å²) in [7, 11) is 0. The molecule has 0 amide bonds. The molecule has 0 radical (unpaired) electrons. The lowest BCUT2D eigenvalue weighted by Gasteiger charge is -2.18. The van der Waals surface area contributed by atoms with Crippen molar-refractivity contribution in [3.63, 3.8) is 0 Å². The SMILES string of the molecule is C=C/C=C(\C=C)c1cc2c3ccc(-c4ccc5c(-c6ccccc6)cc6c7ccccc7c(-c7ccccc7)cc6c5c4)cc3c(-c3ccccc3)cc2c2ccccc12. The van der Waals surface area contributed by atoms with E-state index >= 15 is 0 Å². The molecule has 280 valence electrons. The van der Waals surface area contributed by atoms with Crippen molar-refractivity contribution in [3.8, 4) is 44.5 Å². The van der Waals surface area contributed by atoms with Crippen molar-refractivity contribution < 1.29 is 0 Å². The summed E-state index contributed by atoms with van der Waals surface area (Å²) in [5.74, 6) is 0. The van der Waals surface area contributed by atoms with Gasteiger partial charge in [-0.05, 0) is 157 Å². The largest absolute Gasteiger partial charge is 0.0990 e. The van der Waals surface area contributed by atoms with Crippen LogP contribution < -0.4 is 0 Å². The van der Waals surface area contributed by atoms with Gasteiger partial charge in [0.1, 0.15) is 0 Å². The van der Waals surface area contributed by atoms with Crippen molar-refractivity contribution in [2.75, 3.05) is 0 Å². The van der Waals surface area contributed by atoms with Gasteiger partial charge in [0.05, 0.1) is 0 Å². The molecule has 0 unspecified atom stereocenters. The van der Waals surface area contributed by atoms with Gasteiger partial charge in [0.25, 0.3) is 0 Å². The summed E-state index contributed by atoms with van der Waals surface area (Å²) in [6, 6.07) is 73.8. The average Bonchev–Trinajstić information content (AvgIpc) is 3.32. The van der Waals surface area contributed by atoms with Crippen molar-refractivity contribution in [2.24, 2.45) is 0 Å². The van der Waals surface area contributed by atoms with Crippen LogP contribution >= 0.6 is 0 Å². The van der Waals surface area contributed by atoms with Crippen molar-refractivity contribution in [2.45, 2.75) is 0 Å². The zero-order valence-electron chi connectivity index (χ0n) is 33.2. The van der Waals surface area contributed by atoms with Gasteiger partial charge in [-0.1, -0.05) is 195 Å². The molecule has 0 spiro atoms. The van der Waals surface area contributed by atoms with E-state index in [2.05, 4.69) is 219 Å². The molecule has 0 heterocycles. The highest BCUT2D eigenvalue weighted by Gasteiger charge is 2.18. The topological polar surface area (TPSA) is 0 Å². The fourth-order valence-electron chi connectivity index (χ4n) is 9.56. The number of allylic oxidation sites excluding steroid dienone is 4. The predicted octanol–water partition coefficient (Wildman–Crippen LogP) is 17.0. The summed E-state index contributed by atoms with van der Waals surface area (Å²) < 4.78 is 0. The highest BCUT2D eigenvalue weighted by molar-refractivity contribution is 6.26. The van der Waals surface area contributed by atoms with E-state index in [0.717, 1.165) is 11.1 Å². The van der Waals surface area contributed by atoms with Gasteiger partial charge in [-0.25, -0.2) is 0 Å². The first-order valence-corrected chi connectivity index (χ1v) is 20.6. The molecule has 0 aromatic heterocycles. The Bertz CT molecular complexity index is 3530. The van der Waals surface area contributed by atoms with Crippen LogP contribution in [0.15, 0.2) is 232 Å². The van der Waals surface area contributed by atoms with Gasteiger partial charge in [-0.15, -0.1) is 0 Å². The molecule has 0 heteroatoms. The molecule has 0 aliphatic rings. The fraction of sp³-hybridized carbons (Fsp3) is 0. The highest BCUT2D eigenvalue weighted by atomic mass is 14.2. The molecule has 60 heavy (non-hydrogen) atoms. The first kappa shape index (κ1) is 35.4. The Balaban J connectivity index is 1.21. The standard InChI is InChI=1S/C60H40/c1-3-18-39(4-2)51-35-59-50-32-30-43(33-55(50)54(42-23-12-7-13-24-42)38-57(59)47-27-16-14-25-45(47)51)44-29-31-49-53(41-21-10-6-11-22-41)36-58-48-28-17-15-26-46(48)52(37-60(58)56(49)34-44)40-19-8-5-9-20-40/h3-38H,1-2H2/b39-18+. The number of benzene rings is 11. The Morgan fingerprint density at radius 3 is 1.18 bits per heavy atom. The van der Waals surface area contributed by atoms with Gasteiger partial charge >= 0.3 is 0 Å². The highest BCUT2D eigenvalue weighted by Crippen LogP contribution is 2.45. The molecule has 0 saturated heterocycles. The van der Waals surface area contributed by atoms with Gasteiger partial charge in [0, 0.05) is 0 Å². The zero-order valence-corrected chi connectivity index (χ0v) is 33.2. The van der Waals surface area contributed by atoms with Crippen LogP contribution in [-0.2, 0) is 0 Å². The smallest absolute Gasteiger partial charge is 0.00921 e. The monoisotopic (exact) mass is 760 g/mol. The lowest BCUT2D eigenvalue weighted by Crippen LogP contribution is -1.92. The number of fused-ring (bicyclic) bond motifs is 10. The molecule has 0 bridgehead atoms.